The number of hydrogen-bond donors (Lipinski definition) is 2. The lowest BCUT2D eigenvalue weighted by Gasteiger charge is -2.16. The molecule has 0 saturated carbocycles. The van der Waals surface area contributed by atoms with Crippen molar-refractivity contribution in [1.29, 1.82) is 0 Å². The molecule has 21 heavy (non-hydrogen) atoms. The molecule has 6 nitrogen and oxygen atoms in total. The third kappa shape index (κ3) is 3.94. The Morgan fingerprint density at radius 1 is 0.667 bits per heavy atom. The van der Waals surface area contributed by atoms with E-state index in [1.165, 1.54) is 0 Å². The van der Waals surface area contributed by atoms with E-state index < -0.39 is 5.79 Å². The van der Waals surface area contributed by atoms with Crippen LogP contribution in [0.5, 0.6) is 0 Å². The van der Waals surface area contributed by atoms with Gasteiger partial charge in [-0.3, -0.25) is 0 Å². The summed E-state index contributed by atoms with van der Waals surface area (Å²) in [5.74, 6) is -0.545. The molecular weight excluding hydrogens is 276 g/mol. The Bertz CT molecular complexity index is 328. The molecule has 0 bridgehead atoms. The molecule has 2 N–H and O–H groups in total. The highest BCUT2D eigenvalue weighted by Gasteiger charge is 2.45. The highest BCUT2D eigenvalue weighted by molar-refractivity contribution is 4.90. The predicted molar refractivity (Wildman–Crippen MR) is 73.8 cm³/mol. The number of hydrogen-bond acceptors (Lipinski definition) is 6. The minimum absolute atomic E-state index is 0.0176. The van der Waals surface area contributed by atoms with Crippen molar-refractivity contribution in [3.05, 3.63) is 0 Å². The smallest absolute Gasteiger partial charge is 0.163 e. The van der Waals surface area contributed by atoms with E-state index in [0.29, 0.717) is 0 Å². The van der Waals surface area contributed by atoms with Crippen LogP contribution in [0.3, 0.4) is 0 Å². The van der Waals surface area contributed by atoms with Crippen molar-refractivity contribution >= 4 is 0 Å². The van der Waals surface area contributed by atoms with Crippen molar-refractivity contribution in [2.45, 2.75) is 81.9 Å². The molecule has 3 aliphatic rings. The fraction of sp³-hybridized carbons (Fsp3) is 1.00. The van der Waals surface area contributed by atoms with Gasteiger partial charge >= 0.3 is 0 Å². The van der Waals surface area contributed by atoms with Crippen molar-refractivity contribution in [2.75, 3.05) is 13.2 Å². The summed E-state index contributed by atoms with van der Waals surface area (Å²) >= 11 is 0. The predicted octanol–water partition coefficient (Wildman–Crippen LogP) is 0.586. The topological polar surface area (TPSA) is 84.0 Å². The molecule has 0 aromatic rings. The van der Waals surface area contributed by atoms with Gasteiger partial charge in [0.2, 0.25) is 0 Å². The van der Waals surface area contributed by atoms with Crippen molar-refractivity contribution in [2.24, 2.45) is 0 Å². The molecular formula is C15H26O6. The van der Waals surface area contributed by atoms with Gasteiger partial charge in [-0.05, 0) is 39.5 Å². The summed E-state index contributed by atoms with van der Waals surface area (Å²) < 4.78 is 22.7. The van der Waals surface area contributed by atoms with Gasteiger partial charge in [0.1, 0.15) is 12.2 Å². The molecule has 6 heteroatoms. The lowest BCUT2D eigenvalue weighted by molar-refractivity contribution is -0.147. The number of aliphatic hydroxyl groups is 2. The fourth-order valence-electron chi connectivity index (χ4n) is 3.24. The molecule has 3 aliphatic heterocycles. The van der Waals surface area contributed by atoms with E-state index in [1.54, 1.807) is 0 Å². The first-order chi connectivity index (χ1) is 10.0. The van der Waals surface area contributed by atoms with E-state index in [4.69, 9.17) is 29.2 Å². The number of rotatable bonds is 8. The molecule has 3 fully saturated rings. The van der Waals surface area contributed by atoms with Crippen LogP contribution in [0.4, 0.5) is 0 Å². The summed E-state index contributed by atoms with van der Waals surface area (Å²) in [6.45, 7) is 4.08. The number of aliphatic hydroxyl groups excluding tert-OH is 2. The third-order valence-corrected chi connectivity index (χ3v) is 4.49. The SMILES string of the molecule is CC1(C)OC(CCC2OC2CO)C(CCC2OC2CO)O1. The highest BCUT2D eigenvalue weighted by Crippen LogP contribution is 2.37. The normalized spacial score (nSPS) is 44.0. The summed E-state index contributed by atoms with van der Waals surface area (Å²) in [4.78, 5) is 0. The zero-order valence-corrected chi connectivity index (χ0v) is 12.7. The van der Waals surface area contributed by atoms with Gasteiger partial charge in [-0.25, -0.2) is 0 Å². The van der Waals surface area contributed by atoms with E-state index in [1.807, 2.05) is 13.8 Å². The summed E-state index contributed by atoms with van der Waals surface area (Å²) in [6, 6.07) is 0. The lowest BCUT2D eigenvalue weighted by Crippen LogP contribution is -2.24. The number of epoxide rings is 2. The first kappa shape index (κ1) is 15.6. The van der Waals surface area contributed by atoms with Crippen molar-refractivity contribution in [3.8, 4) is 0 Å². The molecule has 122 valence electrons. The molecule has 0 radical (unpaired) electrons. The van der Waals surface area contributed by atoms with Gasteiger partial charge in [-0.1, -0.05) is 0 Å². The second kappa shape index (κ2) is 6.10. The minimum atomic E-state index is -0.545. The van der Waals surface area contributed by atoms with Gasteiger partial charge in [-0.2, -0.15) is 0 Å². The number of ether oxygens (including phenoxy) is 4. The summed E-state index contributed by atoms with van der Waals surface area (Å²) in [6.07, 6.45) is 4.06. The van der Waals surface area contributed by atoms with E-state index in [-0.39, 0.29) is 49.8 Å². The lowest BCUT2D eigenvalue weighted by atomic mass is 10.0. The Labute approximate surface area is 125 Å². The van der Waals surface area contributed by atoms with Crippen molar-refractivity contribution < 1.29 is 29.2 Å². The van der Waals surface area contributed by atoms with Gasteiger partial charge in [-0.15, -0.1) is 0 Å². The Morgan fingerprint density at radius 2 is 1.05 bits per heavy atom. The average molecular weight is 302 g/mol. The Hall–Kier alpha value is -0.240. The average Bonchev–Trinajstić information content (AvgIpc) is 3.33. The molecule has 0 aromatic carbocycles. The van der Waals surface area contributed by atoms with E-state index in [0.717, 1.165) is 25.7 Å². The van der Waals surface area contributed by atoms with Crippen molar-refractivity contribution in [1.82, 2.24) is 0 Å². The molecule has 0 aliphatic carbocycles. The van der Waals surface area contributed by atoms with Gasteiger partial charge in [0, 0.05) is 0 Å². The zero-order chi connectivity index (χ0) is 15.0. The second-order valence-electron chi connectivity index (χ2n) is 6.66. The minimum Gasteiger partial charge on any atom is -0.394 e. The Balaban J connectivity index is 1.43. The summed E-state index contributed by atoms with van der Waals surface area (Å²) in [5, 5.41) is 18.0. The summed E-state index contributed by atoms with van der Waals surface area (Å²) in [5.41, 5.74) is 0. The van der Waals surface area contributed by atoms with Crippen LogP contribution in [0.2, 0.25) is 0 Å². The molecule has 0 amide bonds. The summed E-state index contributed by atoms with van der Waals surface area (Å²) in [7, 11) is 0. The molecule has 0 aromatic heterocycles. The van der Waals surface area contributed by atoms with Crippen LogP contribution in [-0.2, 0) is 18.9 Å². The quantitative estimate of drug-likeness (QED) is 0.638. The zero-order valence-electron chi connectivity index (χ0n) is 12.7. The van der Waals surface area contributed by atoms with Gasteiger partial charge < -0.3 is 29.2 Å². The van der Waals surface area contributed by atoms with Gasteiger partial charge in [0.15, 0.2) is 5.79 Å². The maximum absolute atomic E-state index is 8.99. The first-order valence-corrected chi connectivity index (χ1v) is 7.90. The molecule has 3 rings (SSSR count). The molecule has 3 saturated heterocycles. The maximum atomic E-state index is 8.99. The monoisotopic (exact) mass is 302 g/mol. The highest BCUT2D eigenvalue weighted by atomic mass is 16.8. The van der Waals surface area contributed by atoms with Crippen LogP contribution >= 0.6 is 0 Å². The van der Waals surface area contributed by atoms with Crippen LogP contribution in [-0.4, -0.2) is 65.8 Å². The van der Waals surface area contributed by atoms with Crippen molar-refractivity contribution in [3.63, 3.8) is 0 Å². The first-order valence-electron chi connectivity index (χ1n) is 7.90. The van der Waals surface area contributed by atoms with E-state index >= 15 is 0 Å². The van der Waals surface area contributed by atoms with Crippen LogP contribution in [0.15, 0.2) is 0 Å². The Morgan fingerprint density at radius 3 is 1.38 bits per heavy atom. The second-order valence-corrected chi connectivity index (χ2v) is 6.66. The maximum Gasteiger partial charge on any atom is 0.163 e. The van der Waals surface area contributed by atoms with Crippen LogP contribution < -0.4 is 0 Å². The molecule has 0 spiro atoms. The Kier molecular flexibility index (Phi) is 4.55. The van der Waals surface area contributed by atoms with Gasteiger partial charge in [0.05, 0.1) is 37.6 Å². The van der Waals surface area contributed by atoms with Gasteiger partial charge in [0.25, 0.3) is 0 Å². The van der Waals surface area contributed by atoms with Crippen LogP contribution in [0.1, 0.15) is 39.5 Å². The molecule has 6 atom stereocenters. The third-order valence-electron chi connectivity index (χ3n) is 4.49. The standard InChI is InChI=1S/C15H26O6/c1-15(2)20-11(5-3-9-13(7-16)18-9)12(21-15)6-4-10-14(8-17)19-10/h9-14,16-17H,3-8H2,1-2H3. The van der Waals surface area contributed by atoms with Crippen LogP contribution in [0, 0.1) is 0 Å². The molecule has 6 unspecified atom stereocenters. The van der Waals surface area contributed by atoms with E-state index in [9.17, 15) is 0 Å². The fourth-order valence-corrected chi connectivity index (χ4v) is 3.24. The van der Waals surface area contributed by atoms with Crippen LogP contribution in [0.25, 0.3) is 0 Å². The van der Waals surface area contributed by atoms with E-state index in [2.05, 4.69) is 0 Å². The largest absolute Gasteiger partial charge is 0.394 e. The molecule has 3 heterocycles.